The minimum Gasteiger partial charge on any atom is -0.480 e. The fourth-order valence-electron chi connectivity index (χ4n) is 12.5. The number of ether oxygens (including phenoxy) is 1. The molecule has 12 amide bonds. The molecule has 0 radical (unpaired) electrons. The molecule has 27 nitrogen and oxygen atoms in total. The van der Waals surface area contributed by atoms with Gasteiger partial charge in [0.05, 0.1) is 12.8 Å². The van der Waals surface area contributed by atoms with Crippen molar-refractivity contribution in [1.29, 1.82) is 0 Å². The molecule has 4 unspecified atom stereocenters. The van der Waals surface area contributed by atoms with Crippen LogP contribution < -0.4 is 27.4 Å². The number of carbonyl (C=O) groups is 13. The normalized spacial score (nSPS) is 17.6. The Morgan fingerprint density at radius 2 is 1.00 bits per heavy atom. The third-order valence-electron chi connectivity index (χ3n) is 17.6. The van der Waals surface area contributed by atoms with Crippen molar-refractivity contribution in [2.45, 2.75) is 180 Å². The van der Waals surface area contributed by atoms with Gasteiger partial charge in [-0.05, 0) is 66.9 Å². The van der Waals surface area contributed by atoms with Crippen LogP contribution in [0.15, 0.2) is 60.7 Å². The molecule has 514 valence electrons. The number of carboxylic acid groups (broad SMARTS) is 1. The Morgan fingerprint density at radius 1 is 0.548 bits per heavy atom. The average Bonchev–Trinajstić information content (AvgIpc) is 1.72. The number of carboxylic acids is 1. The quantitative estimate of drug-likeness (QED) is 0.0568. The summed E-state index contributed by atoms with van der Waals surface area (Å²) in [4.78, 5) is 191. The largest absolute Gasteiger partial charge is 0.480 e. The SMILES string of the molecule is CCC(C)[C@@H](C(=O)N(C)[C@H](C(=O)N(C)[C@@H](CC(C)C)C(=O)N[C@@H](CC(N)=O)C(=O)NC(Cc1ccccc1)C(=O)N1CCCC1C(=O)N1CCCC1C(=O)O)C(C)C)N(C)C(=O)[C@H](CC(N)=O)N(C)C(=O)[C@H](C(C)C)N(C)C(=O)[C@@H](Cc1ccccc1)NC(=O)COC. The number of nitrogens with zero attached hydrogens (tertiary/aromatic N) is 7. The minimum atomic E-state index is -1.70. The van der Waals surface area contributed by atoms with Crippen LogP contribution in [0, 0.1) is 23.7 Å². The summed E-state index contributed by atoms with van der Waals surface area (Å²) in [6.45, 7) is 13.8. The van der Waals surface area contributed by atoms with Crippen molar-refractivity contribution >= 4 is 76.9 Å². The van der Waals surface area contributed by atoms with Gasteiger partial charge in [0.2, 0.25) is 70.9 Å². The average molecular weight is 1300 g/mol. The summed E-state index contributed by atoms with van der Waals surface area (Å²) in [5.41, 5.74) is 12.8. The predicted octanol–water partition coefficient (Wildman–Crippen LogP) is 0.929. The third kappa shape index (κ3) is 20.5. The monoisotopic (exact) mass is 1300 g/mol. The molecule has 4 rings (SSSR count). The summed E-state index contributed by atoms with van der Waals surface area (Å²) in [5, 5.41) is 17.9. The zero-order valence-corrected chi connectivity index (χ0v) is 56.5. The van der Waals surface area contributed by atoms with Crippen LogP contribution in [0.5, 0.6) is 0 Å². The maximum absolute atomic E-state index is 15.2. The van der Waals surface area contributed by atoms with Crippen molar-refractivity contribution in [2.24, 2.45) is 35.1 Å². The number of primary amides is 2. The number of amides is 12. The van der Waals surface area contributed by atoms with E-state index >= 15 is 14.4 Å². The maximum Gasteiger partial charge on any atom is 0.326 e. The Kier molecular flexibility index (Phi) is 29.4. The number of benzene rings is 2. The Labute approximate surface area is 546 Å². The van der Waals surface area contributed by atoms with Crippen LogP contribution in [-0.4, -0.2) is 239 Å². The van der Waals surface area contributed by atoms with Crippen LogP contribution in [0.1, 0.15) is 118 Å². The molecule has 0 saturated carbocycles. The first-order chi connectivity index (χ1) is 43.7. The van der Waals surface area contributed by atoms with Crippen LogP contribution in [0.25, 0.3) is 0 Å². The molecule has 2 aromatic rings. The summed E-state index contributed by atoms with van der Waals surface area (Å²) in [6.07, 6.45) is 0.260. The molecule has 2 heterocycles. The van der Waals surface area contributed by atoms with Gasteiger partial charge >= 0.3 is 5.97 Å². The molecule has 2 fully saturated rings. The Morgan fingerprint density at radius 3 is 1.47 bits per heavy atom. The van der Waals surface area contributed by atoms with E-state index in [0.717, 1.165) is 14.7 Å². The second-order valence-electron chi connectivity index (χ2n) is 25.7. The maximum atomic E-state index is 15.2. The van der Waals surface area contributed by atoms with E-state index in [1.807, 2.05) is 0 Å². The number of nitrogens with one attached hydrogen (secondary N) is 3. The van der Waals surface area contributed by atoms with Crippen LogP contribution in [-0.2, 0) is 79.9 Å². The van der Waals surface area contributed by atoms with Gasteiger partial charge in [-0.3, -0.25) is 57.5 Å². The van der Waals surface area contributed by atoms with E-state index in [2.05, 4.69) is 16.0 Å². The van der Waals surface area contributed by atoms with E-state index in [1.165, 1.54) is 61.9 Å². The van der Waals surface area contributed by atoms with Crippen LogP contribution in [0.4, 0.5) is 0 Å². The van der Waals surface area contributed by atoms with E-state index in [4.69, 9.17) is 16.2 Å². The lowest BCUT2D eigenvalue weighted by Gasteiger charge is -2.42. The lowest BCUT2D eigenvalue weighted by molar-refractivity contribution is -0.158. The number of rotatable bonds is 34. The summed E-state index contributed by atoms with van der Waals surface area (Å²) in [6, 6.07) is 4.45. The smallest absolute Gasteiger partial charge is 0.326 e. The summed E-state index contributed by atoms with van der Waals surface area (Å²) in [7, 11) is 8.08. The molecule has 93 heavy (non-hydrogen) atoms. The van der Waals surface area contributed by atoms with Crippen molar-refractivity contribution < 1.29 is 72.2 Å². The van der Waals surface area contributed by atoms with Gasteiger partial charge in [-0.1, -0.05) is 122 Å². The highest BCUT2D eigenvalue weighted by Crippen LogP contribution is 2.28. The zero-order chi connectivity index (χ0) is 69.9. The highest BCUT2D eigenvalue weighted by Gasteiger charge is 2.47. The van der Waals surface area contributed by atoms with Crippen LogP contribution in [0.3, 0.4) is 0 Å². The van der Waals surface area contributed by atoms with E-state index in [1.54, 1.807) is 116 Å². The highest BCUT2D eigenvalue weighted by molar-refractivity contribution is 6.00. The molecule has 2 aliphatic rings. The number of hydrogen-bond acceptors (Lipinski definition) is 14. The first-order valence-electron chi connectivity index (χ1n) is 31.9. The van der Waals surface area contributed by atoms with E-state index < -0.39 is 168 Å². The standard InChI is InChI=1S/C66H100N12O15/c1-15-41(8)56(76(13)61(86)50(36-52(68)80)73(10)64(89)54(39(4)5)74(11)59(84)45(69-53(81)37-93-14)33-42-24-18-16-19-25-42)65(90)75(12)55(40(6)7)63(88)72(9)49(32-38(2)3)58(83)70-44(35-51(67)79)57(82)71-46(34-43-26-20-17-21-27-43)60(85)77-30-22-28-47(77)62(87)78-31-23-29-48(78)66(91)92/h16-21,24-27,38-41,44-50,54-56H,15,22-23,28-37H2,1-14H3,(H2,67,79)(H2,68,80)(H,69,81)(H,70,83)(H,71,82)(H,91,92)/t41?,44-,45+,46?,47?,48?,49-,50-,54-,55-,56-/m0/s1. The molecule has 2 aromatic carbocycles. The van der Waals surface area contributed by atoms with Gasteiger partial charge in [-0.25, -0.2) is 4.79 Å². The Balaban J connectivity index is 1.64. The van der Waals surface area contributed by atoms with E-state index in [9.17, 15) is 53.1 Å². The van der Waals surface area contributed by atoms with Gasteiger partial charge in [0.25, 0.3) is 0 Å². The summed E-state index contributed by atoms with van der Waals surface area (Å²) >= 11 is 0. The molecular weight excluding hydrogens is 1200 g/mol. The van der Waals surface area contributed by atoms with Crippen LogP contribution >= 0.6 is 0 Å². The fourth-order valence-corrected chi connectivity index (χ4v) is 12.5. The molecular formula is C66H100N12O15. The second kappa shape index (κ2) is 35.5. The molecule has 2 aliphatic heterocycles. The lowest BCUT2D eigenvalue weighted by Crippen LogP contribution is -2.63. The molecule has 0 spiro atoms. The lowest BCUT2D eigenvalue weighted by atomic mass is 9.92. The zero-order valence-electron chi connectivity index (χ0n) is 56.5. The number of likely N-dealkylation sites (N-methyl/N-ethyl adjacent to an activating group) is 5. The number of methoxy groups -OCH3 is 1. The molecule has 8 N–H and O–H groups in total. The van der Waals surface area contributed by atoms with Gasteiger partial charge in [0, 0.05) is 68.3 Å². The highest BCUT2D eigenvalue weighted by atomic mass is 16.5. The van der Waals surface area contributed by atoms with Gasteiger partial charge in [0.1, 0.15) is 67.0 Å². The van der Waals surface area contributed by atoms with Gasteiger partial charge in [-0.2, -0.15) is 0 Å². The summed E-state index contributed by atoms with van der Waals surface area (Å²) < 4.78 is 5.00. The van der Waals surface area contributed by atoms with Crippen molar-refractivity contribution in [2.75, 3.05) is 62.0 Å². The number of aliphatic carboxylic acids is 1. The van der Waals surface area contributed by atoms with E-state index in [-0.39, 0.29) is 57.7 Å². The summed E-state index contributed by atoms with van der Waals surface area (Å²) in [5.74, 6) is -12.6. The van der Waals surface area contributed by atoms with Crippen LogP contribution in [0.2, 0.25) is 0 Å². The number of nitrogens with two attached hydrogens (primary N) is 2. The molecule has 2 saturated heterocycles. The molecule has 11 atom stereocenters. The van der Waals surface area contributed by atoms with Gasteiger partial charge < -0.3 is 71.6 Å². The Bertz CT molecular complexity index is 2970. The number of likely N-dealkylation sites (tertiary alicyclic amines) is 2. The molecule has 0 aliphatic carbocycles. The topological polar surface area (TPSA) is 362 Å². The molecule has 27 heteroatoms. The van der Waals surface area contributed by atoms with Gasteiger partial charge in [-0.15, -0.1) is 0 Å². The second-order valence-corrected chi connectivity index (χ2v) is 25.7. The predicted molar refractivity (Wildman–Crippen MR) is 344 cm³/mol. The van der Waals surface area contributed by atoms with Crippen molar-refractivity contribution in [3.63, 3.8) is 0 Å². The van der Waals surface area contributed by atoms with E-state index in [0.29, 0.717) is 30.4 Å². The third-order valence-corrected chi connectivity index (χ3v) is 17.6. The number of hydrogen-bond donors (Lipinski definition) is 6. The number of carbonyl (C=O) groups excluding carboxylic acids is 12. The minimum absolute atomic E-state index is 0.00175. The molecule has 0 aromatic heterocycles. The molecule has 0 bridgehead atoms. The fraction of sp³-hybridized carbons (Fsp3) is 0.621. The van der Waals surface area contributed by atoms with Crippen molar-refractivity contribution in [3.8, 4) is 0 Å². The van der Waals surface area contributed by atoms with Crippen molar-refractivity contribution in [3.05, 3.63) is 71.8 Å². The first-order valence-corrected chi connectivity index (χ1v) is 31.9. The first kappa shape index (κ1) is 77.0. The Hall–Kier alpha value is -8.49. The van der Waals surface area contributed by atoms with Crippen molar-refractivity contribution in [1.82, 2.24) is 50.2 Å². The van der Waals surface area contributed by atoms with Gasteiger partial charge in [0.15, 0.2) is 0 Å².